The molecule has 2 nitrogen and oxygen atoms in total. The molecule has 4 heteroatoms. The van der Waals surface area contributed by atoms with Crippen LogP contribution in [0.15, 0.2) is 261 Å². The maximum absolute atomic E-state index is 2.89. The third-order valence-electron chi connectivity index (χ3n) is 13.4. The lowest BCUT2D eigenvalue weighted by atomic mass is 9.33. The van der Waals surface area contributed by atoms with Gasteiger partial charge in [0.2, 0.25) is 0 Å². The van der Waals surface area contributed by atoms with Crippen molar-refractivity contribution in [2.24, 2.45) is 0 Å². The molecule has 2 heterocycles. The van der Waals surface area contributed by atoms with Gasteiger partial charge in [-0.15, -0.1) is 0 Å². The second-order valence-corrected chi connectivity index (χ2v) is 20.6. The summed E-state index contributed by atoms with van der Waals surface area (Å²) < 4.78 is 0. The van der Waals surface area contributed by atoms with Crippen LogP contribution in [0.3, 0.4) is 0 Å². The molecule has 0 aromatic heterocycles. The first kappa shape index (κ1) is 37.8. The lowest BCUT2D eigenvalue weighted by Crippen LogP contribution is -2.75. The van der Waals surface area contributed by atoms with Crippen molar-refractivity contribution >= 4 is 86.0 Å². The number of rotatable bonds is 8. The van der Waals surface area contributed by atoms with Crippen molar-refractivity contribution in [3.8, 4) is 22.3 Å². The molecule has 2 aliphatic rings. The zero-order valence-corrected chi connectivity index (χ0v) is 36.3. The minimum absolute atomic E-state index is 0.0355. The molecule has 12 rings (SSSR count). The van der Waals surface area contributed by atoms with E-state index in [1.54, 1.807) is 0 Å². The van der Waals surface area contributed by atoms with E-state index in [1.165, 1.54) is 82.1 Å². The molecule has 0 unspecified atom stereocenters. The van der Waals surface area contributed by atoms with Crippen molar-refractivity contribution in [1.82, 2.24) is 0 Å². The lowest BCUT2D eigenvalue weighted by molar-refractivity contribution is 1.25. The van der Waals surface area contributed by atoms with Gasteiger partial charge in [-0.2, -0.15) is 0 Å². The van der Waals surface area contributed by atoms with Crippen LogP contribution in [0, 0.1) is 0 Å². The Morgan fingerprint density at radius 3 is 1.12 bits per heavy atom. The average molecular weight is 831 g/mol. The maximum Gasteiger partial charge on any atom is 0.252 e. The summed E-state index contributed by atoms with van der Waals surface area (Å²) in [4.78, 5) is 5.09. The summed E-state index contributed by atoms with van der Waals surface area (Å²) in [5.41, 5.74) is 15.8. The second kappa shape index (κ2) is 15.8. The maximum atomic E-state index is 2.61. The highest BCUT2D eigenvalue weighted by molar-refractivity contribution is 7.20. The van der Waals surface area contributed by atoms with E-state index in [2.05, 4.69) is 271 Å². The Hall–Kier alpha value is -7.92. The molecule has 0 atom stereocenters. The van der Waals surface area contributed by atoms with Crippen molar-refractivity contribution in [2.45, 2.75) is 0 Å². The summed E-state index contributed by atoms with van der Waals surface area (Å²) in [7, 11) is -2.89. The fraction of sp³-hybridized carbons (Fsp3) is 0. The molecule has 0 saturated heterocycles. The number of hydrogen-bond donors (Lipinski definition) is 0. The molecule has 0 spiro atoms. The Morgan fingerprint density at radius 1 is 0.266 bits per heavy atom. The van der Waals surface area contributed by atoms with Crippen LogP contribution in [-0.4, -0.2) is 14.8 Å². The lowest BCUT2D eigenvalue weighted by Gasteiger charge is -2.45. The zero-order chi connectivity index (χ0) is 42.5. The van der Waals surface area contributed by atoms with Gasteiger partial charge in [0, 0.05) is 33.9 Å². The van der Waals surface area contributed by atoms with Crippen LogP contribution in [0.5, 0.6) is 0 Å². The second-order valence-electron chi connectivity index (χ2n) is 16.8. The van der Waals surface area contributed by atoms with Crippen LogP contribution >= 0.6 is 0 Å². The molecule has 0 aliphatic carbocycles. The number of hydrogen-bond acceptors (Lipinski definition) is 2. The first-order valence-electron chi connectivity index (χ1n) is 22.2. The van der Waals surface area contributed by atoms with Gasteiger partial charge in [-0.25, -0.2) is 0 Å². The van der Waals surface area contributed by atoms with Gasteiger partial charge in [0.25, 0.3) is 6.71 Å². The van der Waals surface area contributed by atoms with Crippen molar-refractivity contribution in [2.75, 3.05) is 9.80 Å². The fourth-order valence-corrected chi connectivity index (χ4v) is 15.6. The Kier molecular flexibility index (Phi) is 9.32. The van der Waals surface area contributed by atoms with Gasteiger partial charge in [-0.1, -0.05) is 224 Å². The van der Waals surface area contributed by atoms with E-state index in [0.717, 1.165) is 11.4 Å². The molecule has 0 amide bonds. The highest BCUT2D eigenvalue weighted by Gasteiger charge is 2.46. The molecule has 10 aromatic carbocycles. The van der Waals surface area contributed by atoms with E-state index in [0.29, 0.717) is 0 Å². The van der Waals surface area contributed by atoms with Crippen LogP contribution in [0.1, 0.15) is 0 Å². The summed E-state index contributed by atoms with van der Waals surface area (Å²) in [6.07, 6.45) is 0. The quantitative estimate of drug-likeness (QED) is 0.111. The molecular weight excluding hydrogens is 788 g/mol. The number of para-hydroxylation sites is 3. The first-order valence-corrected chi connectivity index (χ1v) is 24.2. The highest BCUT2D eigenvalue weighted by atomic mass is 28.3. The normalized spacial score (nSPS) is 12.6. The topological polar surface area (TPSA) is 6.48 Å². The van der Waals surface area contributed by atoms with Crippen molar-refractivity contribution in [3.63, 3.8) is 0 Å². The molecule has 10 aromatic rings. The predicted molar refractivity (Wildman–Crippen MR) is 275 cm³/mol. The molecule has 0 radical (unpaired) electrons. The molecule has 0 saturated carbocycles. The van der Waals surface area contributed by atoms with Crippen LogP contribution in [0.25, 0.3) is 22.3 Å². The highest BCUT2D eigenvalue weighted by Crippen LogP contribution is 2.47. The monoisotopic (exact) mass is 830 g/mol. The van der Waals surface area contributed by atoms with E-state index in [4.69, 9.17) is 0 Å². The Balaban J connectivity index is 1.19. The molecule has 2 aliphatic heterocycles. The number of anilines is 6. The third-order valence-corrected chi connectivity index (χ3v) is 18.2. The van der Waals surface area contributed by atoms with E-state index >= 15 is 0 Å². The van der Waals surface area contributed by atoms with Crippen molar-refractivity contribution < 1.29 is 0 Å². The van der Waals surface area contributed by atoms with Gasteiger partial charge in [-0.3, -0.25) is 0 Å². The SMILES string of the molecule is c1ccc(-c2ccccc2N2c3ccccc3B3c4cc([Si](c5ccccc5)(c5ccccc5)c5ccccc5)ccc4N(c4ccccc4-c4ccccc4)c4cccc2c43)cc1. The van der Waals surface area contributed by atoms with E-state index in [9.17, 15) is 0 Å². The molecule has 300 valence electrons. The van der Waals surface area contributed by atoms with Crippen molar-refractivity contribution in [3.05, 3.63) is 261 Å². The third kappa shape index (κ3) is 5.95. The number of benzene rings is 10. The minimum Gasteiger partial charge on any atom is -0.311 e. The molecular formula is C60H43BN2Si. The van der Waals surface area contributed by atoms with E-state index in [-0.39, 0.29) is 6.71 Å². The van der Waals surface area contributed by atoms with Crippen LogP contribution in [-0.2, 0) is 0 Å². The summed E-state index contributed by atoms with van der Waals surface area (Å²) >= 11 is 0. The molecule has 0 fully saturated rings. The summed E-state index contributed by atoms with van der Waals surface area (Å²) in [6, 6.07) is 96.9. The average Bonchev–Trinajstić information content (AvgIpc) is 3.38. The van der Waals surface area contributed by atoms with Gasteiger partial charge in [0.05, 0.1) is 11.4 Å². The Labute approximate surface area is 377 Å². The van der Waals surface area contributed by atoms with Crippen LogP contribution in [0.4, 0.5) is 34.1 Å². The molecule has 64 heavy (non-hydrogen) atoms. The van der Waals surface area contributed by atoms with E-state index in [1.807, 2.05) is 0 Å². The predicted octanol–water partition coefficient (Wildman–Crippen LogP) is 10.5. The van der Waals surface area contributed by atoms with E-state index < -0.39 is 8.07 Å². The zero-order valence-electron chi connectivity index (χ0n) is 35.3. The number of fused-ring (bicyclic) bond motifs is 4. The van der Waals surface area contributed by atoms with Crippen LogP contribution < -0.4 is 46.9 Å². The molecule has 0 bridgehead atoms. The smallest absolute Gasteiger partial charge is 0.252 e. The van der Waals surface area contributed by atoms with Gasteiger partial charge < -0.3 is 9.80 Å². The Morgan fingerprint density at radius 2 is 0.641 bits per heavy atom. The standard InChI is InChI=1S/C60H43BN2Si/c1-6-23-44(24-7-1)50-33-16-19-36-54(50)62-56-38-21-18-35-52(56)61-53-43-49(64(46-27-10-3-11-28-46,47-29-12-4-13-30-47)48-31-14-5-15-32-48)41-42-57(53)63(59-40-22-39-58(62)60(59)61)55-37-20-17-34-51(55)45-25-8-2-9-26-45/h1-43H. The van der Waals surface area contributed by atoms with Gasteiger partial charge >= 0.3 is 0 Å². The van der Waals surface area contributed by atoms with Gasteiger partial charge in [-0.05, 0) is 84.7 Å². The fourth-order valence-electron chi connectivity index (χ4n) is 10.8. The summed E-state index contributed by atoms with van der Waals surface area (Å²) in [5, 5.41) is 5.45. The summed E-state index contributed by atoms with van der Waals surface area (Å²) in [5.74, 6) is 0. The minimum atomic E-state index is -2.89. The van der Waals surface area contributed by atoms with Crippen molar-refractivity contribution in [1.29, 1.82) is 0 Å². The van der Waals surface area contributed by atoms with Gasteiger partial charge in [0.1, 0.15) is 0 Å². The summed E-state index contributed by atoms with van der Waals surface area (Å²) in [6.45, 7) is -0.0355. The Bertz CT molecular complexity index is 3180. The largest absolute Gasteiger partial charge is 0.311 e. The van der Waals surface area contributed by atoms with Gasteiger partial charge in [0.15, 0.2) is 8.07 Å². The number of nitrogens with zero attached hydrogens (tertiary/aromatic N) is 2. The molecule has 0 N–H and O–H groups in total. The first-order chi connectivity index (χ1) is 31.8. The van der Waals surface area contributed by atoms with Crippen LogP contribution in [0.2, 0.25) is 0 Å².